The molecule has 0 saturated carbocycles. The molecule has 1 N–H and O–H groups in total. The summed E-state index contributed by atoms with van der Waals surface area (Å²) >= 11 is 8.02. The van der Waals surface area contributed by atoms with Crippen LogP contribution in [-0.4, -0.2) is 27.6 Å². The van der Waals surface area contributed by atoms with Crippen LogP contribution in [0, 0.1) is 5.82 Å². The third kappa shape index (κ3) is 4.53. The summed E-state index contributed by atoms with van der Waals surface area (Å²) in [6, 6.07) is 9.34. The predicted molar refractivity (Wildman–Crippen MR) is 104 cm³/mol. The van der Waals surface area contributed by atoms with E-state index in [0.717, 1.165) is 4.88 Å². The lowest BCUT2D eigenvalue weighted by Gasteiger charge is -2.14. The number of anilines is 1. The first kappa shape index (κ1) is 17.8. The largest absolute Gasteiger partial charge is 0.326 e. The van der Waals surface area contributed by atoms with Gasteiger partial charge in [0, 0.05) is 23.5 Å². The van der Waals surface area contributed by atoms with Crippen LogP contribution in [0.2, 0.25) is 0 Å². The molecule has 0 bridgehead atoms. The molecule has 0 spiro atoms. The molecule has 1 saturated heterocycles. The van der Waals surface area contributed by atoms with Gasteiger partial charge in [-0.05, 0) is 41.8 Å². The molecule has 2 amide bonds. The summed E-state index contributed by atoms with van der Waals surface area (Å²) in [5, 5.41) is 4.60. The molecule has 25 heavy (non-hydrogen) atoms. The Morgan fingerprint density at radius 2 is 2.04 bits per heavy atom. The van der Waals surface area contributed by atoms with E-state index in [4.69, 9.17) is 12.2 Å². The molecular weight excluding hydrogens is 379 g/mol. The number of hydrogen-bond donors (Lipinski definition) is 1. The molecule has 1 aromatic heterocycles. The van der Waals surface area contributed by atoms with Gasteiger partial charge in [0.25, 0.3) is 5.91 Å². The van der Waals surface area contributed by atoms with E-state index in [1.54, 1.807) is 11.3 Å². The summed E-state index contributed by atoms with van der Waals surface area (Å²) in [5.41, 5.74) is 0.509. The molecule has 1 fully saturated rings. The lowest BCUT2D eigenvalue weighted by molar-refractivity contribution is -0.122. The minimum Gasteiger partial charge on any atom is -0.326 e. The normalized spacial score (nSPS) is 15.9. The van der Waals surface area contributed by atoms with Crippen molar-refractivity contribution in [3.63, 3.8) is 0 Å². The second kappa shape index (κ2) is 7.90. The first-order valence-electron chi connectivity index (χ1n) is 7.37. The first-order valence-corrected chi connectivity index (χ1v) is 9.47. The SMILES string of the molecule is O=C(CCN1C(=O)/C(=C/c2cccs2)SC1=S)Nc1ccc(F)cc1. The Morgan fingerprint density at radius 3 is 2.72 bits per heavy atom. The first-order chi connectivity index (χ1) is 12.0. The van der Waals surface area contributed by atoms with E-state index in [2.05, 4.69) is 5.32 Å². The molecule has 1 aromatic carbocycles. The molecule has 0 radical (unpaired) electrons. The van der Waals surface area contributed by atoms with Crippen molar-refractivity contribution in [3.05, 3.63) is 57.4 Å². The van der Waals surface area contributed by atoms with E-state index in [1.165, 1.54) is 40.9 Å². The zero-order valence-corrected chi connectivity index (χ0v) is 15.3. The van der Waals surface area contributed by atoms with E-state index in [-0.39, 0.29) is 30.6 Å². The van der Waals surface area contributed by atoms with Crippen molar-refractivity contribution in [1.29, 1.82) is 0 Å². The van der Waals surface area contributed by atoms with Crippen LogP contribution >= 0.6 is 35.3 Å². The molecule has 0 atom stereocenters. The average molecular weight is 393 g/mol. The van der Waals surface area contributed by atoms with Gasteiger partial charge in [-0.2, -0.15) is 0 Å². The Morgan fingerprint density at radius 1 is 1.28 bits per heavy atom. The average Bonchev–Trinajstić information content (AvgIpc) is 3.18. The summed E-state index contributed by atoms with van der Waals surface area (Å²) < 4.78 is 13.3. The van der Waals surface area contributed by atoms with Crippen LogP contribution in [0.3, 0.4) is 0 Å². The van der Waals surface area contributed by atoms with Crippen LogP contribution in [-0.2, 0) is 9.59 Å². The molecular formula is C17H13FN2O2S3. The maximum atomic E-state index is 12.9. The van der Waals surface area contributed by atoms with E-state index < -0.39 is 0 Å². The van der Waals surface area contributed by atoms with Crippen LogP contribution in [0.25, 0.3) is 6.08 Å². The van der Waals surface area contributed by atoms with Gasteiger partial charge in [-0.3, -0.25) is 14.5 Å². The van der Waals surface area contributed by atoms with Gasteiger partial charge in [0.1, 0.15) is 10.1 Å². The van der Waals surface area contributed by atoms with Gasteiger partial charge < -0.3 is 5.32 Å². The highest BCUT2D eigenvalue weighted by Gasteiger charge is 2.32. The van der Waals surface area contributed by atoms with E-state index >= 15 is 0 Å². The molecule has 1 aliphatic rings. The van der Waals surface area contributed by atoms with Gasteiger partial charge >= 0.3 is 0 Å². The van der Waals surface area contributed by atoms with E-state index in [9.17, 15) is 14.0 Å². The van der Waals surface area contributed by atoms with E-state index in [1.807, 2.05) is 23.6 Å². The highest BCUT2D eigenvalue weighted by molar-refractivity contribution is 8.26. The third-order valence-corrected chi connectivity index (χ3v) is 5.58. The van der Waals surface area contributed by atoms with Crippen LogP contribution in [0.1, 0.15) is 11.3 Å². The fourth-order valence-electron chi connectivity index (χ4n) is 2.17. The number of rotatable bonds is 5. The molecule has 0 aliphatic carbocycles. The zero-order valence-electron chi connectivity index (χ0n) is 12.9. The van der Waals surface area contributed by atoms with Crippen molar-refractivity contribution < 1.29 is 14.0 Å². The molecule has 3 rings (SSSR count). The number of halogens is 1. The number of amides is 2. The number of carbonyl (C=O) groups is 2. The van der Waals surface area contributed by atoms with Crippen molar-refractivity contribution in [2.75, 3.05) is 11.9 Å². The molecule has 1 aliphatic heterocycles. The minimum absolute atomic E-state index is 0.107. The molecule has 4 nitrogen and oxygen atoms in total. The van der Waals surface area contributed by atoms with Crippen LogP contribution in [0.15, 0.2) is 46.7 Å². The Labute approximate surface area is 157 Å². The standard InChI is InChI=1S/C17H13FN2O2S3/c18-11-3-5-12(6-4-11)19-15(21)7-8-20-16(22)14(25-17(20)23)10-13-2-1-9-24-13/h1-6,9-10H,7-8H2,(H,19,21)/b14-10-. The third-order valence-electron chi connectivity index (χ3n) is 3.38. The maximum absolute atomic E-state index is 12.9. The number of thiophene rings is 1. The molecule has 2 heterocycles. The van der Waals surface area contributed by atoms with Crippen LogP contribution in [0.4, 0.5) is 10.1 Å². The van der Waals surface area contributed by atoms with Gasteiger partial charge in [0.15, 0.2) is 0 Å². The Hall–Kier alpha value is -2.03. The number of thiocarbonyl (C=S) groups is 1. The highest BCUT2D eigenvalue weighted by Crippen LogP contribution is 2.33. The summed E-state index contributed by atoms with van der Waals surface area (Å²) in [4.78, 5) is 27.4. The molecule has 128 valence electrons. The Kier molecular flexibility index (Phi) is 5.62. The number of carbonyl (C=O) groups excluding carboxylic acids is 2. The molecule has 2 aromatic rings. The number of benzene rings is 1. The van der Waals surface area contributed by atoms with Crippen molar-refractivity contribution >= 4 is 63.2 Å². The molecule has 0 unspecified atom stereocenters. The predicted octanol–water partition coefficient (Wildman–Crippen LogP) is 4.12. The number of nitrogens with one attached hydrogen (secondary N) is 1. The molecule has 8 heteroatoms. The number of hydrogen-bond acceptors (Lipinski definition) is 5. The second-order valence-electron chi connectivity index (χ2n) is 5.15. The van der Waals surface area contributed by atoms with Gasteiger partial charge in [0.2, 0.25) is 5.91 Å². The fourth-order valence-corrected chi connectivity index (χ4v) is 4.20. The summed E-state index contributed by atoms with van der Waals surface area (Å²) in [6.07, 6.45) is 1.92. The topological polar surface area (TPSA) is 49.4 Å². The van der Waals surface area contributed by atoms with Gasteiger partial charge in [-0.1, -0.05) is 30.0 Å². The lowest BCUT2D eigenvalue weighted by Crippen LogP contribution is -2.31. The van der Waals surface area contributed by atoms with Crippen LogP contribution in [0.5, 0.6) is 0 Å². The van der Waals surface area contributed by atoms with Gasteiger partial charge in [0.05, 0.1) is 4.91 Å². The monoisotopic (exact) mass is 392 g/mol. The summed E-state index contributed by atoms with van der Waals surface area (Å²) in [7, 11) is 0. The number of thioether (sulfide) groups is 1. The smallest absolute Gasteiger partial charge is 0.266 e. The van der Waals surface area contributed by atoms with Crippen molar-refractivity contribution in [2.24, 2.45) is 0 Å². The Bertz CT molecular complexity index is 832. The summed E-state index contributed by atoms with van der Waals surface area (Å²) in [5.74, 6) is -0.811. The fraction of sp³-hybridized carbons (Fsp3) is 0.118. The van der Waals surface area contributed by atoms with Crippen molar-refractivity contribution in [3.8, 4) is 0 Å². The van der Waals surface area contributed by atoms with Gasteiger partial charge in [-0.15, -0.1) is 11.3 Å². The van der Waals surface area contributed by atoms with Crippen molar-refractivity contribution in [2.45, 2.75) is 6.42 Å². The number of nitrogens with zero attached hydrogens (tertiary/aromatic N) is 1. The van der Waals surface area contributed by atoms with Gasteiger partial charge in [-0.25, -0.2) is 4.39 Å². The van der Waals surface area contributed by atoms with E-state index in [0.29, 0.717) is 14.9 Å². The highest BCUT2D eigenvalue weighted by atomic mass is 32.2. The second-order valence-corrected chi connectivity index (χ2v) is 7.81. The zero-order chi connectivity index (χ0) is 17.8. The van der Waals surface area contributed by atoms with Crippen molar-refractivity contribution in [1.82, 2.24) is 4.90 Å². The quantitative estimate of drug-likeness (QED) is 0.614. The maximum Gasteiger partial charge on any atom is 0.266 e. The lowest BCUT2D eigenvalue weighted by atomic mass is 10.3. The Balaban J connectivity index is 1.57. The summed E-state index contributed by atoms with van der Waals surface area (Å²) in [6.45, 7) is 0.208. The van der Waals surface area contributed by atoms with Crippen LogP contribution < -0.4 is 5.32 Å². The minimum atomic E-state index is -0.368.